The summed E-state index contributed by atoms with van der Waals surface area (Å²) >= 11 is 0. The van der Waals surface area contributed by atoms with E-state index < -0.39 is 0 Å². The van der Waals surface area contributed by atoms with Crippen LogP contribution in [0.1, 0.15) is 61.3 Å². The number of ketones is 1. The average molecular weight is 445 g/mol. The fraction of sp³-hybridized carbons (Fsp3) is 0.346. The molecule has 3 aromatic rings. The highest BCUT2D eigenvalue weighted by Crippen LogP contribution is 2.45. The van der Waals surface area contributed by atoms with Gasteiger partial charge < -0.3 is 14.8 Å². The summed E-state index contributed by atoms with van der Waals surface area (Å²) in [7, 11) is 3.28. The van der Waals surface area contributed by atoms with Crippen LogP contribution >= 0.6 is 0 Å². The molecule has 0 radical (unpaired) electrons. The lowest BCUT2D eigenvalue weighted by molar-refractivity contribution is -0.116. The molecule has 0 amide bonds. The van der Waals surface area contributed by atoms with Gasteiger partial charge in [0.15, 0.2) is 5.78 Å². The zero-order valence-electron chi connectivity index (χ0n) is 19.3. The summed E-state index contributed by atoms with van der Waals surface area (Å²) in [4.78, 5) is 18.0. The zero-order chi connectivity index (χ0) is 23.1. The number of anilines is 1. The van der Waals surface area contributed by atoms with E-state index in [0.717, 1.165) is 33.9 Å². The van der Waals surface area contributed by atoms with Gasteiger partial charge in [0.2, 0.25) is 5.95 Å². The van der Waals surface area contributed by atoms with E-state index in [4.69, 9.17) is 9.47 Å². The van der Waals surface area contributed by atoms with Crippen molar-refractivity contribution in [2.24, 2.45) is 0 Å². The summed E-state index contributed by atoms with van der Waals surface area (Å²) in [6.45, 7) is 4.35. The molecular formula is C26H28N4O3. The molecule has 1 N–H and O–H groups in total. The number of benzene rings is 2. The summed E-state index contributed by atoms with van der Waals surface area (Å²) in [5, 5.41) is 7.83. The number of nitrogens with zero attached hydrogens (tertiary/aromatic N) is 3. The Hall–Kier alpha value is -3.61. The van der Waals surface area contributed by atoms with E-state index in [0.29, 0.717) is 24.7 Å². The monoisotopic (exact) mass is 444 g/mol. The van der Waals surface area contributed by atoms with Gasteiger partial charge in [-0.1, -0.05) is 44.2 Å². The van der Waals surface area contributed by atoms with Gasteiger partial charge in [-0.3, -0.25) is 4.79 Å². The standard InChI is InChI=1S/C26H28N4O3/c1-15(2)16-5-7-17(8-6-16)25-24-21(29-26-27-14-28-30(25)26)11-18(12-22(24)31)20-10-9-19(32-3)13-23(20)33-4/h5-10,13-15,18,25H,11-12H2,1-4H3,(H,27,28,29). The molecule has 7 heteroatoms. The van der Waals surface area contributed by atoms with E-state index in [1.54, 1.807) is 14.2 Å². The predicted molar refractivity (Wildman–Crippen MR) is 126 cm³/mol. The number of allylic oxidation sites excluding steroid dienone is 2. The topological polar surface area (TPSA) is 78.3 Å². The van der Waals surface area contributed by atoms with Gasteiger partial charge in [0, 0.05) is 29.7 Å². The molecule has 1 aliphatic carbocycles. The van der Waals surface area contributed by atoms with Gasteiger partial charge in [-0.15, -0.1) is 0 Å². The average Bonchev–Trinajstić information content (AvgIpc) is 3.30. The highest BCUT2D eigenvalue weighted by molar-refractivity contribution is 6.00. The van der Waals surface area contributed by atoms with Crippen molar-refractivity contribution in [3.63, 3.8) is 0 Å². The Morgan fingerprint density at radius 1 is 1.06 bits per heavy atom. The van der Waals surface area contributed by atoms with E-state index in [-0.39, 0.29) is 17.7 Å². The van der Waals surface area contributed by atoms with Gasteiger partial charge in [0.1, 0.15) is 23.9 Å². The fourth-order valence-corrected chi connectivity index (χ4v) is 4.90. The van der Waals surface area contributed by atoms with Crippen LogP contribution in [0.4, 0.5) is 5.95 Å². The predicted octanol–water partition coefficient (Wildman–Crippen LogP) is 4.83. The first-order valence-corrected chi connectivity index (χ1v) is 11.2. The number of aromatic nitrogens is 3. The van der Waals surface area contributed by atoms with Gasteiger partial charge in [-0.05, 0) is 35.1 Å². The number of Topliss-reactive ketones (excluding diaryl/α,β-unsaturated/α-hetero) is 1. The lowest BCUT2D eigenvalue weighted by Crippen LogP contribution is -2.33. The molecule has 33 heavy (non-hydrogen) atoms. The second-order valence-corrected chi connectivity index (χ2v) is 8.91. The molecule has 2 unspecified atom stereocenters. The maximum Gasteiger partial charge on any atom is 0.226 e. The number of hydrogen-bond donors (Lipinski definition) is 1. The third kappa shape index (κ3) is 3.67. The van der Waals surface area contributed by atoms with Crippen molar-refractivity contribution >= 4 is 11.7 Å². The second-order valence-electron chi connectivity index (χ2n) is 8.91. The number of fused-ring (bicyclic) bond motifs is 1. The van der Waals surface area contributed by atoms with Crippen molar-refractivity contribution in [1.29, 1.82) is 0 Å². The first-order chi connectivity index (χ1) is 16.0. The minimum Gasteiger partial charge on any atom is -0.497 e. The normalized spacial score (nSPS) is 19.7. The Labute approximate surface area is 193 Å². The molecule has 0 bridgehead atoms. The Morgan fingerprint density at radius 3 is 2.55 bits per heavy atom. The van der Waals surface area contributed by atoms with E-state index in [9.17, 15) is 4.79 Å². The van der Waals surface area contributed by atoms with Crippen molar-refractivity contribution in [1.82, 2.24) is 14.8 Å². The second kappa shape index (κ2) is 8.39. The van der Waals surface area contributed by atoms with Crippen LogP contribution in [0.3, 0.4) is 0 Å². The largest absolute Gasteiger partial charge is 0.497 e. The highest BCUT2D eigenvalue weighted by Gasteiger charge is 2.39. The third-order valence-electron chi connectivity index (χ3n) is 6.66. The first kappa shape index (κ1) is 21.2. The van der Waals surface area contributed by atoms with E-state index >= 15 is 0 Å². The number of rotatable bonds is 5. The van der Waals surface area contributed by atoms with E-state index in [2.05, 4.69) is 53.5 Å². The lowest BCUT2D eigenvalue weighted by Gasteiger charge is -2.35. The maximum absolute atomic E-state index is 13.6. The van der Waals surface area contributed by atoms with Gasteiger partial charge in [0.25, 0.3) is 0 Å². The minimum atomic E-state index is -0.286. The number of carbonyl (C=O) groups excluding carboxylic acids is 1. The van der Waals surface area contributed by atoms with Crippen LogP contribution in [-0.2, 0) is 4.79 Å². The van der Waals surface area contributed by atoms with Crippen molar-refractivity contribution in [2.75, 3.05) is 19.5 Å². The van der Waals surface area contributed by atoms with Gasteiger partial charge in [-0.25, -0.2) is 4.68 Å². The quantitative estimate of drug-likeness (QED) is 0.607. The van der Waals surface area contributed by atoms with Crippen LogP contribution in [0.25, 0.3) is 0 Å². The Kier molecular flexibility index (Phi) is 5.40. The smallest absolute Gasteiger partial charge is 0.226 e. The molecule has 2 heterocycles. The molecule has 170 valence electrons. The molecule has 5 rings (SSSR count). The van der Waals surface area contributed by atoms with Crippen LogP contribution in [0.15, 0.2) is 60.1 Å². The summed E-state index contributed by atoms with van der Waals surface area (Å²) < 4.78 is 12.8. The zero-order valence-corrected chi connectivity index (χ0v) is 19.3. The van der Waals surface area contributed by atoms with Crippen LogP contribution in [0.5, 0.6) is 11.5 Å². The first-order valence-electron chi connectivity index (χ1n) is 11.2. The van der Waals surface area contributed by atoms with Crippen LogP contribution < -0.4 is 14.8 Å². The van der Waals surface area contributed by atoms with Crippen molar-refractivity contribution in [3.8, 4) is 11.5 Å². The SMILES string of the molecule is COc1ccc(C2CC(=O)C3=C(C2)Nc2ncnn2C3c2ccc(C(C)C)cc2)c(OC)c1. The minimum absolute atomic E-state index is 0.00282. The number of hydrogen-bond acceptors (Lipinski definition) is 6. The molecule has 0 saturated heterocycles. The Bertz CT molecular complexity index is 1230. The lowest BCUT2D eigenvalue weighted by atomic mass is 9.77. The van der Waals surface area contributed by atoms with Gasteiger partial charge in [0.05, 0.1) is 14.2 Å². The van der Waals surface area contributed by atoms with Crippen LogP contribution in [0.2, 0.25) is 0 Å². The Balaban J connectivity index is 1.55. The summed E-state index contributed by atoms with van der Waals surface area (Å²) in [5.74, 6) is 2.68. The molecular weight excluding hydrogens is 416 g/mol. The molecule has 7 nitrogen and oxygen atoms in total. The molecule has 2 aliphatic rings. The van der Waals surface area contributed by atoms with E-state index in [1.807, 2.05) is 22.9 Å². The fourth-order valence-electron chi connectivity index (χ4n) is 4.90. The summed E-state index contributed by atoms with van der Waals surface area (Å²) in [5.41, 5.74) is 4.99. The molecule has 2 aromatic carbocycles. The highest BCUT2D eigenvalue weighted by atomic mass is 16.5. The maximum atomic E-state index is 13.6. The van der Waals surface area contributed by atoms with Gasteiger partial charge in [-0.2, -0.15) is 10.1 Å². The van der Waals surface area contributed by atoms with Crippen molar-refractivity contribution in [2.45, 2.75) is 44.6 Å². The number of carbonyl (C=O) groups is 1. The molecule has 0 spiro atoms. The van der Waals surface area contributed by atoms with Crippen LogP contribution in [-0.4, -0.2) is 34.8 Å². The number of methoxy groups -OCH3 is 2. The molecule has 0 fully saturated rings. The van der Waals surface area contributed by atoms with E-state index in [1.165, 1.54) is 11.9 Å². The third-order valence-corrected chi connectivity index (χ3v) is 6.66. The number of ether oxygens (including phenoxy) is 2. The molecule has 2 atom stereocenters. The van der Waals surface area contributed by atoms with Crippen molar-refractivity contribution < 1.29 is 14.3 Å². The van der Waals surface area contributed by atoms with Crippen LogP contribution in [0, 0.1) is 0 Å². The number of nitrogens with one attached hydrogen (secondary N) is 1. The Morgan fingerprint density at radius 2 is 1.85 bits per heavy atom. The molecule has 0 saturated carbocycles. The summed E-state index contributed by atoms with van der Waals surface area (Å²) in [6.07, 6.45) is 2.63. The molecule has 1 aliphatic heterocycles. The van der Waals surface area contributed by atoms with Crippen molar-refractivity contribution in [3.05, 3.63) is 76.8 Å². The summed E-state index contributed by atoms with van der Waals surface area (Å²) in [6, 6.07) is 14.0. The van der Waals surface area contributed by atoms with Gasteiger partial charge >= 0.3 is 0 Å². The molecule has 1 aromatic heterocycles.